The van der Waals surface area contributed by atoms with Gasteiger partial charge in [0.25, 0.3) is 0 Å². The van der Waals surface area contributed by atoms with E-state index in [1.54, 1.807) is 0 Å². The highest BCUT2D eigenvalue weighted by Crippen LogP contribution is 2.45. The van der Waals surface area contributed by atoms with E-state index >= 15 is 0 Å². The molecule has 116 valence electrons. The third-order valence-corrected chi connectivity index (χ3v) is 5.48. The van der Waals surface area contributed by atoms with Gasteiger partial charge < -0.3 is 15.5 Å². The zero-order valence-corrected chi connectivity index (χ0v) is 14.3. The molecule has 1 aliphatic rings. The lowest BCUT2D eigenvalue weighted by Gasteiger charge is -2.46. The summed E-state index contributed by atoms with van der Waals surface area (Å²) in [4.78, 5) is 11.4. The van der Waals surface area contributed by atoms with Gasteiger partial charge in [-0.25, -0.2) is 4.79 Å². The quantitative estimate of drug-likeness (QED) is 0.672. The van der Waals surface area contributed by atoms with E-state index in [2.05, 4.69) is 27.9 Å². The number of amides is 1. The first-order chi connectivity index (χ1) is 10.0. The Hall–Kier alpha value is -0.820. The van der Waals surface area contributed by atoms with Gasteiger partial charge in [-0.15, -0.1) is 0 Å². The van der Waals surface area contributed by atoms with Gasteiger partial charge in [-0.3, -0.25) is 0 Å². The van der Waals surface area contributed by atoms with E-state index in [0.717, 1.165) is 34.8 Å². The summed E-state index contributed by atoms with van der Waals surface area (Å²) < 4.78 is 1.04. The summed E-state index contributed by atoms with van der Waals surface area (Å²) in [6.45, 7) is 1.95. The van der Waals surface area contributed by atoms with Crippen molar-refractivity contribution in [1.29, 1.82) is 0 Å². The molecule has 0 bridgehead atoms. The average molecular weight is 403 g/mol. The molecular weight excluding hydrogens is 381 g/mol. The minimum atomic E-state index is -1.02. The molecule has 3 N–H and O–H groups in total. The second-order valence-corrected chi connectivity index (χ2v) is 6.87. The molecule has 0 saturated heterocycles. The molecule has 1 fully saturated rings. The molecule has 21 heavy (non-hydrogen) atoms. The number of aliphatic hydroxyl groups is 1. The number of hydrogen-bond donors (Lipinski definition) is 3. The third-order valence-electron chi connectivity index (χ3n) is 4.54. The van der Waals surface area contributed by atoms with Crippen LogP contribution in [-0.2, 0) is 5.54 Å². The van der Waals surface area contributed by atoms with Crippen molar-refractivity contribution >= 4 is 28.7 Å². The molecule has 0 aromatic heterocycles. The largest absolute Gasteiger partial charge is 0.465 e. The van der Waals surface area contributed by atoms with Gasteiger partial charge in [0.2, 0.25) is 0 Å². The summed E-state index contributed by atoms with van der Waals surface area (Å²) in [5.41, 5.74) is 0.308. The maximum Gasteiger partial charge on any atom is 0.405 e. The standard InChI is InChI=1S/C16H22INO3/c1-2-14(19)12-8-5-6-10-16(12,18-15(20)21)11-7-3-4-9-13(11)17/h3-4,7,9,12,14,18-19H,2,5-6,8,10H2,1H3,(H,20,21). The Labute approximate surface area is 139 Å². The Morgan fingerprint density at radius 3 is 2.81 bits per heavy atom. The molecule has 1 saturated carbocycles. The Balaban J connectivity index is 2.53. The van der Waals surface area contributed by atoms with Gasteiger partial charge in [0, 0.05) is 9.49 Å². The maximum absolute atomic E-state index is 11.4. The summed E-state index contributed by atoms with van der Waals surface area (Å²) in [5.74, 6) is -0.0803. The van der Waals surface area contributed by atoms with Gasteiger partial charge in [0.1, 0.15) is 0 Å². The fourth-order valence-electron chi connectivity index (χ4n) is 3.58. The first-order valence-corrected chi connectivity index (χ1v) is 8.53. The van der Waals surface area contributed by atoms with Crippen molar-refractivity contribution < 1.29 is 15.0 Å². The van der Waals surface area contributed by atoms with Crippen LogP contribution in [-0.4, -0.2) is 22.4 Å². The van der Waals surface area contributed by atoms with E-state index in [1.165, 1.54) is 0 Å². The van der Waals surface area contributed by atoms with E-state index < -0.39 is 17.7 Å². The molecule has 0 radical (unpaired) electrons. The number of rotatable bonds is 4. The summed E-state index contributed by atoms with van der Waals surface area (Å²) in [5, 5.41) is 22.6. The Kier molecular flexibility index (Phi) is 5.48. The molecule has 1 aromatic rings. The lowest BCUT2D eigenvalue weighted by Crippen LogP contribution is -2.56. The zero-order chi connectivity index (χ0) is 15.5. The Morgan fingerprint density at radius 1 is 1.48 bits per heavy atom. The molecule has 4 nitrogen and oxygen atoms in total. The molecule has 1 amide bonds. The summed E-state index contributed by atoms with van der Waals surface area (Å²) in [6, 6.07) is 7.87. The predicted molar refractivity (Wildman–Crippen MR) is 90.3 cm³/mol. The molecule has 0 spiro atoms. The van der Waals surface area contributed by atoms with Crippen LogP contribution in [0.15, 0.2) is 24.3 Å². The van der Waals surface area contributed by atoms with Crippen molar-refractivity contribution in [2.24, 2.45) is 5.92 Å². The van der Waals surface area contributed by atoms with Crippen molar-refractivity contribution in [3.05, 3.63) is 33.4 Å². The van der Waals surface area contributed by atoms with Gasteiger partial charge >= 0.3 is 6.09 Å². The SMILES string of the molecule is CCC(O)C1CCCCC1(NC(=O)O)c1ccccc1I. The van der Waals surface area contributed by atoms with Crippen LogP contribution in [0.1, 0.15) is 44.6 Å². The molecule has 1 aromatic carbocycles. The number of carboxylic acid groups (broad SMARTS) is 1. The van der Waals surface area contributed by atoms with Gasteiger partial charge in [-0.2, -0.15) is 0 Å². The zero-order valence-electron chi connectivity index (χ0n) is 12.2. The van der Waals surface area contributed by atoms with E-state index in [-0.39, 0.29) is 5.92 Å². The minimum Gasteiger partial charge on any atom is -0.465 e. The first kappa shape index (κ1) is 16.5. The highest BCUT2D eigenvalue weighted by Gasteiger charge is 2.47. The smallest absolute Gasteiger partial charge is 0.405 e. The summed E-state index contributed by atoms with van der Waals surface area (Å²) in [7, 11) is 0. The Bertz CT molecular complexity index is 508. The van der Waals surface area contributed by atoms with E-state index in [1.807, 2.05) is 31.2 Å². The van der Waals surface area contributed by atoms with E-state index in [4.69, 9.17) is 0 Å². The van der Waals surface area contributed by atoms with Gasteiger partial charge in [0.05, 0.1) is 11.6 Å². The van der Waals surface area contributed by atoms with Crippen molar-refractivity contribution in [1.82, 2.24) is 5.32 Å². The number of aliphatic hydroxyl groups excluding tert-OH is 1. The van der Waals surface area contributed by atoms with Crippen LogP contribution in [0.4, 0.5) is 4.79 Å². The monoisotopic (exact) mass is 403 g/mol. The lowest BCUT2D eigenvalue weighted by atomic mass is 9.66. The molecule has 0 aliphatic heterocycles. The number of hydrogen-bond acceptors (Lipinski definition) is 2. The molecule has 2 rings (SSSR count). The number of nitrogens with one attached hydrogen (secondary N) is 1. The number of halogens is 1. The van der Waals surface area contributed by atoms with Crippen LogP contribution in [0.2, 0.25) is 0 Å². The van der Waals surface area contributed by atoms with E-state index in [9.17, 15) is 15.0 Å². The van der Waals surface area contributed by atoms with Crippen molar-refractivity contribution in [3.63, 3.8) is 0 Å². The summed E-state index contributed by atoms with van der Waals surface area (Å²) >= 11 is 2.25. The molecule has 1 aliphatic carbocycles. The van der Waals surface area contributed by atoms with Crippen LogP contribution in [0.5, 0.6) is 0 Å². The minimum absolute atomic E-state index is 0.0803. The average Bonchev–Trinajstić information content (AvgIpc) is 2.46. The van der Waals surface area contributed by atoms with Crippen LogP contribution < -0.4 is 5.32 Å². The highest BCUT2D eigenvalue weighted by molar-refractivity contribution is 14.1. The van der Waals surface area contributed by atoms with Crippen LogP contribution >= 0.6 is 22.6 Å². The topological polar surface area (TPSA) is 69.6 Å². The predicted octanol–water partition coefficient (Wildman–Crippen LogP) is 3.72. The second kappa shape index (κ2) is 6.96. The third kappa shape index (κ3) is 3.34. The second-order valence-electron chi connectivity index (χ2n) is 5.71. The van der Waals surface area contributed by atoms with Gasteiger partial charge in [-0.1, -0.05) is 38.0 Å². The normalized spacial score (nSPS) is 27.1. The fraction of sp³-hybridized carbons (Fsp3) is 0.562. The molecular formula is C16H22INO3. The van der Waals surface area contributed by atoms with Gasteiger partial charge in [0.15, 0.2) is 0 Å². The first-order valence-electron chi connectivity index (χ1n) is 7.45. The maximum atomic E-state index is 11.4. The summed E-state index contributed by atoms with van der Waals surface area (Å²) in [6.07, 6.45) is 2.71. The van der Waals surface area contributed by atoms with Crippen molar-refractivity contribution in [2.45, 2.75) is 50.7 Å². The Morgan fingerprint density at radius 2 is 2.19 bits per heavy atom. The van der Waals surface area contributed by atoms with Crippen LogP contribution in [0.3, 0.4) is 0 Å². The highest BCUT2D eigenvalue weighted by atomic mass is 127. The van der Waals surface area contributed by atoms with Crippen LogP contribution in [0.25, 0.3) is 0 Å². The van der Waals surface area contributed by atoms with Crippen molar-refractivity contribution in [3.8, 4) is 0 Å². The number of benzene rings is 1. The van der Waals surface area contributed by atoms with Gasteiger partial charge in [-0.05, 0) is 53.5 Å². The lowest BCUT2D eigenvalue weighted by molar-refractivity contribution is 0.0108. The fourth-order valence-corrected chi connectivity index (χ4v) is 4.44. The molecule has 3 unspecified atom stereocenters. The van der Waals surface area contributed by atoms with Crippen LogP contribution in [0, 0.1) is 9.49 Å². The van der Waals surface area contributed by atoms with Crippen molar-refractivity contribution in [2.75, 3.05) is 0 Å². The number of carbonyl (C=O) groups is 1. The molecule has 3 atom stereocenters. The molecule has 0 heterocycles. The molecule has 5 heteroatoms. The van der Waals surface area contributed by atoms with E-state index in [0.29, 0.717) is 6.42 Å².